The number of carbonyl (C=O) groups is 2. The quantitative estimate of drug-likeness (QED) is 0.0642. The second kappa shape index (κ2) is 22.1. The number of fused-ring (bicyclic) bond motifs is 5. The zero-order valence-corrected chi connectivity index (χ0v) is 45.2. The van der Waals surface area contributed by atoms with Crippen LogP contribution in [0.5, 0.6) is 17.2 Å². The molecule has 6 aromatic carbocycles. The Bertz CT molecular complexity index is 3890. The van der Waals surface area contributed by atoms with Gasteiger partial charge < -0.3 is 29.8 Å². The lowest BCUT2D eigenvalue weighted by Crippen LogP contribution is -2.41. The van der Waals surface area contributed by atoms with Gasteiger partial charge in [-0.25, -0.2) is 18.7 Å². The molecule has 6 aromatic rings. The molecule has 0 saturated carbocycles. The van der Waals surface area contributed by atoms with E-state index in [4.69, 9.17) is 14.5 Å². The Kier molecular flexibility index (Phi) is 14.1. The van der Waals surface area contributed by atoms with E-state index in [9.17, 15) is 19.5 Å². The molecule has 0 fully saturated rings. The number of hydrogen-bond acceptors (Lipinski definition) is 7. The minimum atomic E-state index is -1.08. The van der Waals surface area contributed by atoms with Crippen molar-refractivity contribution in [2.75, 3.05) is 44.2 Å². The van der Waals surface area contributed by atoms with Gasteiger partial charge >= 0.3 is 5.97 Å². The molecular formula is C67H66FN6O6+. The van der Waals surface area contributed by atoms with Gasteiger partial charge in [-0.3, -0.25) is 14.2 Å². The Morgan fingerprint density at radius 1 is 0.750 bits per heavy atom. The smallest absolute Gasteiger partial charge is 0.336 e. The van der Waals surface area contributed by atoms with E-state index in [1.807, 2.05) is 66.7 Å². The van der Waals surface area contributed by atoms with Crippen molar-refractivity contribution in [3.05, 3.63) is 209 Å². The van der Waals surface area contributed by atoms with E-state index in [0.29, 0.717) is 60.6 Å². The summed E-state index contributed by atoms with van der Waals surface area (Å²) in [5.41, 5.74) is 13.6. The van der Waals surface area contributed by atoms with Crippen molar-refractivity contribution in [3.8, 4) is 34.3 Å². The Morgan fingerprint density at radius 2 is 1.54 bits per heavy atom. The normalized spacial score (nSPS) is 15.2. The number of unbranched alkanes of at least 4 members (excludes halogenated alkanes) is 3. The number of aromatic amines is 1. The number of amides is 1. The Labute approximate surface area is 464 Å². The number of nitrogens with one attached hydrogen (secondary N) is 2. The van der Waals surface area contributed by atoms with Gasteiger partial charge in [0.2, 0.25) is 5.36 Å². The topological polar surface area (TPSA) is 142 Å². The molecule has 406 valence electrons. The predicted molar refractivity (Wildman–Crippen MR) is 308 cm³/mol. The van der Waals surface area contributed by atoms with Crippen LogP contribution in [0.2, 0.25) is 0 Å². The summed E-state index contributed by atoms with van der Waals surface area (Å²) in [5, 5.41) is 16.3. The van der Waals surface area contributed by atoms with E-state index in [2.05, 4.69) is 31.9 Å². The standard InChI is InChI=1S/C67H65FN6O6/c68-54-35-43(37-56-66(76)74-41-57(44-19-7-4-8-20-44)70-55(64(74)71-56)36-42-17-5-3-6-18-42)25-28-58(54)79-34-14-2-1-11-29-69-65(75)47-26-27-48(51(40-47)67(77)78)59-52-38-45-21-9-12-30-72-32-15-23-49(60(45)72)62(52)80-63-50-24-16-33-73-31-13-10-22-46(61(50)73)39-53(59)63/h3-8,17-20,25-28,35,38-41H,1-2,9-16,21-24,29-34,36-37H2,(H2-,69,70,75,76,77,78)/p+1. The van der Waals surface area contributed by atoms with E-state index in [1.54, 1.807) is 35.0 Å². The molecule has 3 N–H and O–H groups in total. The monoisotopic (exact) mass is 1070 g/mol. The highest BCUT2D eigenvalue weighted by Gasteiger charge is 2.36. The molecule has 1 amide bonds. The van der Waals surface area contributed by atoms with Gasteiger partial charge in [0, 0.05) is 90.2 Å². The van der Waals surface area contributed by atoms with Crippen molar-refractivity contribution < 1.29 is 28.6 Å². The lowest BCUT2D eigenvalue weighted by molar-refractivity contribution is 0.0696. The van der Waals surface area contributed by atoms with Crippen LogP contribution >= 0.6 is 0 Å². The number of aromatic nitrogens is 3. The van der Waals surface area contributed by atoms with E-state index in [1.165, 1.54) is 39.4 Å². The minimum absolute atomic E-state index is 0.0984. The van der Waals surface area contributed by atoms with Crippen molar-refractivity contribution in [2.45, 2.75) is 103 Å². The highest BCUT2D eigenvalue weighted by Crippen LogP contribution is 2.48. The third-order valence-electron chi connectivity index (χ3n) is 17.0. The zero-order chi connectivity index (χ0) is 54.3. The lowest BCUT2D eigenvalue weighted by Gasteiger charge is -2.35. The summed E-state index contributed by atoms with van der Waals surface area (Å²) in [7, 11) is 0. The maximum Gasteiger partial charge on any atom is 0.336 e. The Balaban J connectivity index is 0.664. The van der Waals surface area contributed by atoms with Crippen LogP contribution < -0.4 is 40.4 Å². The molecule has 7 aliphatic heterocycles. The summed E-state index contributed by atoms with van der Waals surface area (Å²) in [6.07, 6.45) is 15.9. The fourth-order valence-electron chi connectivity index (χ4n) is 13.2. The molecule has 13 heteroatoms. The van der Waals surface area contributed by atoms with Crippen LogP contribution in [0.3, 0.4) is 0 Å². The van der Waals surface area contributed by atoms with Gasteiger partial charge in [-0.05, 0) is 128 Å². The van der Waals surface area contributed by atoms with Gasteiger partial charge in [-0.1, -0.05) is 85.6 Å². The number of ether oxygens (including phenoxy) is 2. The van der Waals surface area contributed by atoms with Crippen LogP contribution in [0.15, 0.2) is 120 Å². The van der Waals surface area contributed by atoms with Crippen LogP contribution in [0.1, 0.15) is 141 Å². The second-order valence-electron chi connectivity index (χ2n) is 22.3. The minimum Gasteiger partial charge on any atom is -0.491 e. The first kappa shape index (κ1) is 51.1. The summed E-state index contributed by atoms with van der Waals surface area (Å²) >= 11 is 0. The third-order valence-corrected chi connectivity index (χ3v) is 17.0. The van der Waals surface area contributed by atoms with Gasteiger partial charge in [0.15, 0.2) is 17.4 Å². The first-order valence-electron chi connectivity index (χ1n) is 29.0. The summed E-state index contributed by atoms with van der Waals surface area (Å²) in [4.78, 5) is 51.9. The molecule has 0 aliphatic carbocycles. The van der Waals surface area contributed by atoms with Crippen LogP contribution in [-0.4, -0.2) is 70.8 Å². The molecule has 0 aromatic heterocycles. The number of hydrogen-bond donors (Lipinski definition) is 3. The number of halogens is 1. The van der Waals surface area contributed by atoms with Crippen LogP contribution in [0.4, 0.5) is 10.1 Å². The SMILES string of the molecule is O=C(NCCCCCCOc1ccc(Cc2nc3c(Cc4ccccc4)[nH]c(-c4ccccc4)cn-3c2=O)cc1F)c1ccc(C2=c3cc4c5c(c3Oc3c2cc2c6c3CCCN6CCCC2)CCC[N+]=5CCCC4)c(C(=O)O)c1. The van der Waals surface area contributed by atoms with Gasteiger partial charge in [-0.2, -0.15) is 0 Å². The first-order chi connectivity index (χ1) is 39.2. The van der Waals surface area contributed by atoms with E-state index >= 15 is 4.39 Å². The predicted octanol–water partition coefficient (Wildman–Crippen LogP) is 10.3. The molecule has 7 aliphatic rings. The Hall–Kier alpha value is -8.32. The van der Waals surface area contributed by atoms with Gasteiger partial charge in [0.1, 0.15) is 30.3 Å². The molecule has 80 heavy (non-hydrogen) atoms. The summed E-state index contributed by atoms with van der Waals surface area (Å²) in [5.74, 6) is 0.524. The Morgan fingerprint density at radius 3 is 2.39 bits per heavy atom. The molecule has 0 spiro atoms. The summed E-state index contributed by atoms with van der Waals surface area (Å²) in [6.45, 7) is 4.89. The summed E-state index contributed by atoms with van der Waals surface area (Å²) in [6, 6.07) is 34.4. The number of rotatable bonds is 16. The lowest BCUT2D eigenvalue weighted by atomic mass is 9.83. The molecule has 0 atom stereocenters. The molecule has 0 bridgehead atoms. The van der Waals surface area contributed by atoms with E-state index in [-0.39, 0.29) is 29.2 Å². The van der Waals surface area contributed by atoms with Gasteiger partial charge in [0.05, 0.1) is 29.1 Å². The van der Waals surface area contributed by atoms with Crippen molar-refractivity contribution in [3.63, 3.8) is 0 Å². The maximum atomic E-state index is 15.5. The highest BCUT2D eigenvalue weighted by molar-refractivity contribution is 6.03. The molecular weight excluding hydrogens is 1000 g/mol. The van der Waals surface area contributed by atoms with Crippen LogP contribution in [0.25, 0.3) is 22.6 Å². The van der Waals surface area contributed by atoms with Gasteiger partial charge in [-0.15, -0.1) is 0 Å². The molecule has 13 rings (SSSR count). The first-order valence-corrected chi connectivity index (χ1v) is 29.0. The average molecular weight is 1070 g/mol. The number of anilines is 1. The largest absolute Gasteiger partial charge is 0.491 e. The summed E-state index contributed by atoms with van der Waals surface area (Å²) < 4.78 is 32.8. The number of carboxylic acids is 1. The third kappa shape index (κ3) is 9.85. The van der Waals surface area contributed by atoms with Crippen molar-refractivity contribution in [1.82, 2.24) is 24.4 Å². The number of aromatic carboxylic acids is 1. The number of carbonyl (C=O) groups excluding carboxylic acids is 1. The van der Waals surface area contributed by atoms with Gasteiger partial charge in [0.25, 0.3) is 11.5 Å². The molecule has 0 radical (unpaired) electrons. The number of aryl methyl sites for hydroxylation is 2. The van der Waals surface area contributed by atoms with E-state index < -0.39 is 11.8 Å². The molecule has 0 saturated heterocycles. The zero-order valence-electron chi connectivity index (χ0n) is 45.2. The van der Waals surface area contributed by atoms with Crippen molar-refractivity contribution in [1.29, 1.82) is 0 Å². The van der Waals surface area contributed by atoms with Crippen molar-refractivity contribution >= 4 is 23.1 Å². The molecule has 12 nitrogen and oxygen atoms in total. The fraction of sp³-hybridized carbons (Fsp3) is 0.328. The fourth-order valence-corrected chi connectivity index (χ4v) is 13.2. The maximum absolute atomic E-state index is 15.5. The second-order valence-corrected chi connectivity index (χ2v) is 22.3. The van der Waals surface area contributed by atoms with Crippen LogP contribution in [0, 0.1) is 5.82 Å². The van der Waals surface area contributed by atoms with Crippen LogP contribution in [-0.2, 0) is 38.5 Å². The van der Waals surface area contributed by atoms with Crippen molar-refractivity contribution in [2.24, 2.45) is 0 Å². The number of nitrogens with zero attached hydrogens (tertiary/aromatic N) is 4. The number of benzene rings is 6. The molecule has 0 unspecified atom stereocenters. The van der Waals surface area contributed by atoms with E-state index in [0.717, 1.165) is 154 Å². The number of H-pyrrole nitrogens is 1. The highest BCUT2D eigenvalue weighted by atomic mass is 19.1. The number of imidazole rings is 1. The number of carboxylic acid groups (broad SMARTS) is 1. The molecule has 7 heterocycles. The average Bonchev–Trinajstić information content (AvgIpc) is 3.67.